The molecule has 0 spiro atoms. The quantitative estimate of drug-likeness (QED) is 0.715. The van der Waals surface area contributed by atoms with Crippen LogP contribution >= 0.6 is 0 Å². The van der Waals surface area contributed by atoms with E-state index in [0.29, 0.717) is 18.7 Å². The monoisotopic (exact) mass is 377 g/mol. The molecule has 2 aromatic carbocycles. The largest absolute Gasteiger partial charge is 0.374 e. The lowest BCUT2D eigenvalue weighted by molar-refractivity contribution is 0.0287. The number of aromatic nitrogens is 1. The van der Waals surface area contributed by atoms with Crippen LogP contribution in [0.4, 0.5) is 0 Å². The van der Waals surface area contributed by atoms with Gasteiger partial charge >= 0.3 is 0 Å². The third kappa shape index (κ3) is 3.98. The Kier molecular flexibility index (Phi) is 5.50. The van der Waals surface area contributed by atoms with Crippen molar-refractivity contribution >= 4 is 5.91 Å². The van der Waals surface area contributed by atoms with E-state index in [1.807, 2.05) is 61.5 Å². The van der Waals surface area contributed by atoms with Gasteiger partial charge < -0.3 is 19.9 Å². The number of rotatable bonds is 5. The van der Waals surface area contributed by atoms with Crippen molar-refractivity contribution in [3.63, 3.8) is 0 Å². The lowest BCUT2D eigenvalue weighted by atomic mass is 9.98. The van der Waals surface area contributed by atoms with E-state index in [0.717, 1.165) is 41.2 Å². The summed E-state index contributed by atoms with van der Waals surface area (Å²) in [5.41, 5.74) is 4.33. The molecule has 4 rings (SSSR count). The molecule has 2 N–H and O–H groups in total. The molecule has 1 amide bonds. The number of carbonyl (C=O) groups excluding carboxylic acids is 1. The topological polar surface area (TPSA) is 76.4 Å². The molecule has 2 heterocycles. The summed E-state index contributed by atoms with van der Waals surface area (Å²) in [6, 6.07) is 17.4. The van der Waals surface area contributed by atoms with Crippen LogP contribution in [0.15, 0.2) is 59.1 Å². The van der Waals surface area contributed by atoms with E-state index in [1.54, 1.807) is 0 Å². The number of benzene rings is 2. The Bertz CT molecular complexity index is 929. The van der Waals surface area contributed by atoms with E-state index in [-0.39, 0.29) is 12.0 Å². The van der Waals surface area contributed by atoms with Crippen molar-refractivity contribution in [2.24, 2.45) is 0 Å². The molecule has 1 unspecified atom stereocenters. The second kappa shape index (κ2) is 8.37. The Balaban J connectivity index is 1.49. The van der Waals surface area contributed by atoms with E-state index in [4.69, 9.17) is 9.26 Å². The van der Waals surface area contributed by atoms with Crippen LogP contribution in [0.25, 0.3) is 22.4 Å². The molecule has 28 heavy (non-hydrogen) atoms. The summed E-state index contributed by atoms with van der Waals surface area (Å²) in [7, 11) is 0. The van der Waals surface area contributed by atoms with Gasteiger partial charge in [-0.3, -0.25) is 4.79 Å². The van der Waals surface area contributed by atoms with E-state index in [2.05, 4.69) is 15.8 Å². The van der Waals surface area contributed by atoms with Crippen LogP contribution in [0.3, 0.4) is 0 Å². The highest BCUT2D eigenvalue weighted by Crippen LogP contribution is 2.34. The lowest BCUT2D eigenvalue weighted by Crippen LogP contribution is -2.45. The number of nitrogens with one attached hydrogen (secondary N) is 2. The number of nitrogens with zero attached hydrogens (tertiary/aromatic N) is 1. The molecule has 1 aliphatic heterocycles. The predicted molar refractivity (Wildman–Crippen MR) is 107 cm³/mol. The van der Waals surface area contributed by atoms with Gasteiger partial charge in [0.1, 0.15) is 11.5 Å². The first kappa shape index (κ1) is 18.4. The Labute approximate surface area is 163 Å². The summed E-state index contributed by atoms with van der Waals surface area (Å²) in [5.74, 6) is 0.643. The van der Waals surface area contributed by atoms with Gasteiger partial charge in [0, 0.05) is 30.8 Å². The molecule has 0 bridgehead atoms. The number of hydrogen-bond donors (Lipinski definition) is 2. The summed E-state index contributed by atoms with van der Waals surface area (Å²) >= 11 is 0. The molecule has 1 atom stereocenters. The zero-order valence-electron chi connectivity index (χ0n) is 15.8. The number of ether oxygens (including phenoxy) is 1. The number of aryl methyl sites for hydroxylation is 1. The molecule has 6 heteroatoms. The number of hydrogen-bond acceptors (Lipinski definition) is 5. The molecule has 0 radical (unpaired) electrons. The molecule has 3 aromatic rings. The van der Waals surface area contributed by atoms with Crippen molar-refractivity contribution in [1.29, 1.82) is 0 Å². The summed E-state index contributed by atoms with van der Waals surface area (Å²) in [6.45, 7) is 4.69. The zero-order valence-corrected chi connectivity index (χ0v) is 15.8. The molecule has 1 fully saturated rings. The third-order valence-corrected chi connectivity index (χ3v) is 4.84. The average molecular weight is 377 g/mol. The Morgan fingerprint density at radius 3 is 2.64 bits per heavy atom. The van der Waals surface area contributed by atoms with Gasteiger partial charge in [-0.1, -0.05) is 47.6 Å². The lowest BCUT2D eigenvalue weighted by Gasteiger charge is -2.23. The summed E-state index contributed by atoms with van der Waals surface area (Å²) in [5, 5.41) is 10.4. The van der Waals surface area contributed by atoms with Crippen molar-refractivity contribution in [3.05, 3.63) is 65.9 Å². The van der Waals surface area contributed by atoms with Crippen molar-refractivity contribution in [2.45, 2.75) is 13.0 Å². The summed E-state index contributed by atoms with van der Waals surface area (Å²) < 4.78 is 11.0. The van der Waals surface area contributed by atoms with E-state index >= 15 is 0 Å². The van der Waals surface area contributed by atoms with Gasteiger partial charge in [-0.05, 0) is 24.6 Å². The molecule has 6 nitrogen and oxygen atoms in total. The van der Waals surface area contributed by atoms with Crippen molar-refractivity contribution in [1.82, 2.24) is 15.8 Å². The Morgan fingerprint density at radius 2 is 1.93 bits per heavy atom. The van der Waals surface area contributed by atoms with Crippen molar-refractivity contribution in [2.75, 3.05) is 26.2 Å². The molecular formula is C22H23N3O3. The number of morpholine rings is 1. The third-order valence-electron chi connectivity index (χ3n) is 4.84. The van der Waals surface area contributed by atoms with Gasteiger partial charge in [-0.15, -0.1) is 0 Å². The highest BCUT2D eigenvalue weighted by Gasteiger charge is 2.18. The van der Waals surface area contributed by atoms with Crippen molar-refractivity contribution < 1.29 is 14.1 Å². The summed E-state index contributed by atoms with van der Waals surface area (Å²) in [4.78, 5) is 12.4. The van der Waals surface area contributed by atoms with Crippen molar-refractivity contribution in [3.8, 4) is 22.4 Å². The molecule has 0 aliphatic carbocycles. The highest BCUT2D eigenvalue weighted by atomic mass is 16.5. The minimum atomic E-state index is -0.106. The van der Waals surface area contributed by atoms with Gasteiger partial charge in [0.25, 0.3) is 5.91 Å². The smallest absolute Gasteiger partial charge is 0.251 e. The SMILES string of the molecule is Cc1onc(-c2ccccc2)c1-c1ccc(C(=O)NCC2CNCCO2)cc1. The maximum Gasteiger partial charge on any atom is 0.251 e. The zero-order chi connectivity index (χ0) is 19.3. The summed E-state index contributed by atoms with van der Waals surface area (Å²) in [6.07, 6.45) is 0.0186. The fourth-order valence-corrected chi connectivity index (χ4v) is 3.35. The molecule has 1 aliphatic rings. The first-order valence-electron chi connectivity index (χ1n) is 9.45. The second-order valence-electron chi connectivity index (χ2n) is 6.81. The van der Waals surface area contributed by atoms with Crippen LogP contribution in [-0.4, -0.2) is 43.4 Å². The number of carbonyl (C=O) groups is 1. The molecule has 144 valence electrons. The Morgan fingerprint density at radius 1 is 1.14 bits per heavy atom. The van der Waals surface area contributed by atoms with Gasteiger partial charge in [0.2, 0.25) is 0 Å². The van der Waals surface area contributed by atoms with Crippen LogP contribution in [0.1, 0.15) is 16.1 Å². The van der Waals surface area contributed by atoms with Gasteiger partial charge in [-0.25, -0.2) is 0 Å². The standard InChI is InChI=1S/C22H23N3O3/c1-15-20(21(25-28-15)17-5-3-2-4-6-17)16-7-9-18(10-8-16)22(26)24-14-19-13-23-11-12-27-19/h2-10,19,23H,11-14H2,1H3,(H,24,26). The van der Waals surface area contributed by atoms with E-state index in [9.17, 15) is 4.79 Å². The normalized spacial score (nSPS) is 16.7. The molecule has 0 saturated carbocycles. The number of amides is 1. The Hall–Kier alpha value is -2.96. The van der Waals surface area contributed by atoms with E-state index < -0.39 is 0 Å². The maximum atomic E-state index is 12.4. The highest BCUT2D eigenvalue weighted by molar-refractivity contribution is 5.95. The maximum absolute atomic E-state index is 12.4. The van der Waals surface area contributed by atoms with Gasteiger partial charge in [0.05, 0.1) is 18.3 Å². The van der Waals surface area contributed by atoms with Crippen LogP contribution in [0, 0.1) is 6.92 Å². The average Bonchev–Trinajstić information content (AvgIpc) is 3.15. The fraction of sp³-hybridized carbons (Fsp3) is 0.273. The van der Waals surface area contributed by atoms with Gasteiger partial charge in [0.15, 0.2) is 0 Å². The van der Waals surface area contributed by atoms with Crippen LogP contribution < -0.4 is 10.6 Å². The molecular weight excluding hydrogens is 354 g/mol. The first-order chi connectivity index (χ1) is 13.7. The van der Waals surface area contributed by atoms with Crippen LogP contribution in [-0.2, 0) is 4.74 Å². The predicted octanol–water partition coefficient (Wildman–Crippen LogP) is 3.04. The minimum Gasteiger partial charge on any atom is -0.374 e. The van der Waals surface area contributed by atoms with Crippen LogP contribution in [0.5, 0.6) is 0 Å². The minimum absolute atomic E-state index is 0.0186. The molecule has 1 saturated heterocycles. The second-order valence-corrected chi connectivity index (χ2v) is 6.81. The van der Waals surface area contributed by atoms with Gasteiger partial charge in [-0.2, -0.15) is 0 Å². The molecule has 1 aromatic heterocycles. The van der Waals surface area contributed by atoms with E-state index in [1.165, 1.54) is 0 Å². The first-order valence-corrected chi connectivity index (χ1v) is 9.45. The fourth-order valence-electron chi connectivity index (χ4n) is 3.35. The van der Waals surface area contributed by atoms with Crippen LogP contribution in [0.2, 0.25) is 0 Å².